The maximum absolute atomic E-state index is 3.75. The second-order valence-electron chi connectivity index (χ2n) is 4.18. The molecule has 1 aliphatic rings. The van der Waals surface area contributed by atoms with E-state index in [-0.39, 0.29) is 0 Å². The summed E-state index contributed by atoms with van der Waals surface area (Å²) in [5, 5.41) is 3.61. The Labute approximate surface area is 92.2 Å². The molecule has 2 rings (SSSR count). The van der Waals surface area contributed by atoms with Gasteiger partial charge in [-0.25, -0.2) is 0 Å². The van der Waals surface area contributed by atoms with Crippen molar-refractivity contribution in [1.82, 2.24) is 5.32 Å². The molecule has 1 aliphatic carbocycles. The van der Waals surface area contributed by atoms with Gasteiger partial charge in [0.05, 0.1) is 0 Å². The van der Waals surface area contributed by atoms with Gasteiger partial charge in [0, 0.05) is 6.04 Å². The molecule has 0 radical (unpaired) electrons. The predicted octanol–water partition coefficient (Wildman–Crippen LogP) is 3.23. The van der Waals surface area contributed by atoms with Gasteiger partial charge in [-0.15, -0.1) is 6.58 Å². The van der Waals surface area contributed by atoms with Crippen molar-refractivity contribution in [3.63, 3.8) is 0 Å². The largest absolute Gasteiger partial charge is 0.310 e. The highest BCUT2D eigenvalue weighted by Gasteiger charge is 2.18. The monoisotopic (exact) mass is 201 g/mol. The first-order valence-electron chi connectivity index (χ1n) is 5.84. The molecule has 0 spiro atoms. The van der Waals surface area contributed by atoms with Gasteiger partial charge >= 0.3 is 0 Å². The first-order valence-corrected chi connectivity index (χ1v) is 5.84. The van der Waals surface area contributed by atoms with Crippen molar-refractivity contribution in [3.8, 4) is 0 Å². The van der Waals surface area contributed by atoms with Crippen molar-refractivity contribution in [2.45, 2.75) is 31.7 Å². The topological polar surface area (TPSA) is 12.0 Å². The minimum Gasteiger partial charge on any atom is -0.310 e. The van der Waals surface area contributed by atoms with E-state index in [1.165, 1.54) is 30.4 Å². The molecule has 0 bridgehead atoms. The van der Waals surface area contributed by atoms with E-state index < -0.39 is 0 Å². The Morgan fingerprint density at radius 2 is 2.27 bits per heavy atom. The fourth-order valence-electron chi connectivity index (χ4n) is 2.33. The first kappa shape index (κ1) is 10.4. The van der Waals surface area contributed by atoms with E-state index in [4.69, 9.17) is 0 Å². The van der Waals surface area contributed by atoms with Gasteiger partial charge in [0.1, 0.15) is 0 Å². The second kappa shape index (κ2) is 5.13. The number of rotatable bonds is 4. The first-order chi connectivity index (χ1) is 7.42. The van der Waals surface area contributed by atoms with E-state index in [1.807, 2.05) is 6.08 Å². The van der Waals surface area contributed by atoms with Gasteiger partial charge in [0.2, 0.25) is 0 Å². The molecule has 1 unspecified atom stereocenters. The molecule has 1 heteroatoms. The minimum atomic E-state index is 0.565. The number of aryl methyl sites for hydroxylation is 1. The Hall–Kier alpha value is -1.08. The average Bonchev–Trinajstić information content (AvgIpc) is 2.30. The van der Waals surface area contributed by atoms with Crippen LogP contribution in [0.1, 0.15) is 36.4 Å². The molecule has 1 aromatic carbocycles. The Morgan fingerprint density at radius 3 is 3.13 bits per heavy atom. The van der Waals surface area contributed by atoms with Crippen LogP contribution in [0.25, 0.3) is 0 Å². The summed E-state index contributed by atoms with van der Waals surface area (Å²) in [5.74, 6) is 0. The van der Waals surface area contributed by atoms with Crippen LogP contribution in [-0.2, 0) is 6.42 Å². The van der Waals surface area contributed by atoms with E-state index in [2.05, 4.69) is 36.2 Å². The molecule has 1 atom stereocenters. The lowest BCUT2D eigenvalue weighted by Gasteiger charge is -2.26. The SMILES string of the molecule is C=CCCNC1CCCc2ccccc21. The Kier molecular flexibility index (Phi) is 3.57. The maximum Gasteiger partial charge on any atom is 0.0323 e. The molecule has 15 heavy (non-hydrogen) atoms. The second-order valence-corrected chi connectivity index (χ2v) is 4.18. The van der Waals surface area contributed by atoms with Crippen molar-refractivity contribution < 1.29 is 0 Å². The molecule has 0 heterocycles. The van der Waals surface area contributed by atoms with Crippen molar-refractivity contribution in [2.24, 2.45) is 0 Å². The van der Waals surface area contributed by atoms with Crippen molar-refractivity contribution in [3.05, 3.63) is 48.0 Å². The summed E-state index contributed by atoms with van der Waals surface area (Å²) in [6.07, 6.45) is 6.85. The number of benzene rings is 1. The number of fused-ring (bicyclic) bond motifs is 1. The molecule has 0 amide bonds. The van der Waals surface area contributed by atoms with Crippen LogP contribution in [0.15, 0.2) is 36.9 Å². The maximum atomic E-state index is 3.75. The highest BCUT2D eigenvalue weighted by molar-refractivity contribution is 5.32. The zero-order valence-electron chi connectivity index (χ0n) is 9.21. The smallest absolute Gasteiger partial charge is 0.0323 e. The van der Waals surface area contributed by atoms with Gasteiger partial charge in [-0.2, -0.15) is 0 Å². The normalized spacial score (nSPS) is 19.6. The summed E-state index contributed by atoms with van der Waals surface area (Å²) in [6, 6.07) is 9.38. The number of nitrogens with one attached hydrogen (secondary N) is 1. The van der Waals surface area contributed by atoms with Crippen molar-refractivity contribution >= 4 is 0 Å². The molecule has 0 fully saturated rings. The third-order valence-corrected chi connectivity index (χ3v) is 3.11. The van der Waals surface area contributed by atoms with Crippen LogP contribution in [0.2, 0.25) is 0 Å². The Morgan fingerprint density at radius 1 is 1.40 bits per heavy atom. The lowest BCUT2D eigenvalue weighted by Crippen LogP contribution is -2.25. The summed E-state index contributed by atoms with van der Waals surface area (Å²) >= 11 is 0. The summed E-state index contributed by atoms with van der Waals surface area (Å²) in [6.45, 7) is 4.79. The van der Waals surface area contributed by atoms with Gasteiger partial charge in [0.25, 0.3) is 0 Å². The molecule has 0 aromatic heterocycles. The molecular weight excluding hydrogens is 182 g/mol. The lowest BCUT2D eigenvalue weighted by molar-refractivity contribution is 0.464. The van der Waals surface area contributed by atoms with Gasteiger partial charge in [0.15, 0.2) is 0 Å². The van der Waals surface area contributed by atoms with E-state index in [0.717, 1.165) is 13.0 Å². The predicted molar refractivity (Wildman–Crippen MR) is 64.9 cm³/mol. The van der Waals surface area contributed by atoms with Crippen molar-refractivity contribution in [1.29, 1.82) is 0 Å². The van der Waals surface area contributed by atoms with Crippen LogP contribution in [0.4, 0.5) is 0 Å². The number of hydrogen-bond donors (Lipinski definition) is 1. The zero-order valence-corrected chi connectivity index (χ0v) is 9.21. The van der Waals surface area contributed by atoms with E-state index in [1.54, 1.807) is 0 Å². The van der Waals surface area contributed by atoms with Crippen LogP contribution in [0.3, 0.4) is 0 Å². The van der Waals surface area contributed by atoms with Crippen LogP contribution in [0, 0.1) is 0 Å². The molecule has 1 nitrogen and oxygen atoms in total. The van der Waals surface area contributed by atoms with E-state index in [0.29, 0.717) is 6.04 Å². The molecule has 0 aliphatic heterocycles. The van der Waals surface area contributed by atoms with E-state index in [9.17, 15) is 0 Å². The van der Waals surface area contributed by atoms with Crippen LogP contribution in [0.5, 0.6) is 0 Å². The standard InChI is InChI=1S/C14H19N/c1-2-3-11-15-14-10-6-8-12-7-4-5-9-13(12)14/h2,4-5,7,9,14-15H,1,3,6,8,10-11H2. The third-order valence-electron chi connectivity index (χ3n) is 3.11. The summed E-state index contributed by atoms with van der Waals surface area (Å²) < 4.78 is 0. The molecule has 0 saturated heterocycles. The van der Waals surface area contributed by atoms with Crippen LogP contribution in [-0.4, -0.2) is 6.54 Å². The van der Waals surface area contributed by atoms with Gasteiger partial charge in [-0.3, -0.25) is 0 Å². The van der Waals surface area contributed by atoms with Crippen LogP contribution >= 0.6 is 0 Å². The Bertz CT molecular complexity index is 330. The van der Waals surface area contributed by atoms with Gasteiger partial charge < -0.3 is 5.32 Å². The summed E-state index contributed by atoms with van der Waals surface area (Å²) in [4.78, 5) is 0. The van der Waals surface area contributed by atoms with Gasteiger partial charge in [-0.1, -0.05) is 30.3 Å². The molecule has 80 valence electrons. The molecule has 1 aromatic rings. The molecule has 1 N–H and O–H groups in total. The summed E-state index contributed by atoms with van der Waals surface area (Å²) in [5.41, 5.74) is 3.03. The lowest BCUT2D eigenvalue weighted by atomic mass is 9.88. The van der Waals surface area contributed by atoms with Crippen LogP contribution < -0.4 is 5.32 Å². The summed E-state index contributed by atoms with van der Waals surface area (Å²) in [7, 11) is 0. The average molecular weight is 201 g/mol. The molecule has 0 saturated carbocycles. The molecular formula is C14H19N. The zero-order chi connectivity index (χ0) is 10.5. The third kappa shape index (κ3) is 2.48. The minimum absolute atomic E-state index is 0.565. The fourth-order valence-corrected chi connectivity index (χ4v) is 2.33. The Balaban J connectivity index is 2.05. The highest BCUT2D eigenvalue weighted by Crippen LogP contribution is 2.29. The van der Waals surface area contributed by atoms with Crippen molar-refractivity contribution in [2.75, 3.05) is 6.54 Å². The van der Waals surface area contributed by atoms with Gasteiger partial charge in [-0.05, 0) is 43.4 Å². The number of hydrogen-bond acceptors (Lipinski definition) is 1. The highest BCUT2D eigenvalue weighted by atomic mass is 14.9. The quantitative estimate of drug-likeness (QED) is 0.582. The van der Waals surface area contributed by atoms with E-state index >= 15 is 0 Å². The fraction of sp³-hybridized carbons (Fsp3) is 0.429.